The third-order valence-electron chi connectivity index (χ3n) is 3.57. The van der Waals surface area contributed by atoms with Gasteiger partial charge in [-0.25, -0.2) is 4.98 Å². The van der Waals surface area contributed by atoms with E-state index in [9.17, 15) is 0 Å². The van der Waals surface area contributed by atoms with Crippen LogP contribution in [0.3, 0.4) is 0 Å². The van der Waals surface area contributed by atoms with E-state index >= 15 is 0 Å². The zero-order valence-corrected chi connectivity index (χ0v) is 13.6. The standard InChI is InChI=1S/C18H21N5O/c1-19-18(20-9-12-23-10-5-6-11-23)22-14-17-21-13-16(24-17)15-7-3-2-4-8-15/h2-8,10-11,13H,9,12,14H2,1H3,(H2,19,20,22). The monoisotopic (exact) mass is 323 g/mol. The van der Waals surface area contributed by atoms with Crippen molar-refractivity contribution in [2.75, 3.05) is 13.6 Å². The molecule has 0 aliphatic carbocycles. The molecule has 0 aliphatic heterocycles. The zero-order valence-electron chi connectivity index (χ0n) is 13.6. The Balaban J connectivity index is 1.48. The summed E-state index contributed by atoms with van der Waals surface area (Å²) in [5, 5.41) is 6.47. The summed E-state index contributed by atoms with van der Waals surface area (Å²) in [6, 6.07) is 14.0. The first-order valence-corrected chi connectivity index (χ1v) is 7.90. The molecule has 0 radical (unpaired) electrons. The zero-order chi connectivity index (χ0) is 16.6. The Hall–Kier alpha value is -3.02. The highest BCUT2D eigenvalue weighted by molar-refractivity contribution is 5.79. The molecule has 6 heteroatoms. The van der Waals surface area contributed by atoms with Gasteiger partial charge in [-0.2, -0.15) is 0 Å². The molecular formula is C18H21N5O. The molecule has 0 saturated heterocycles. The van der Waals surface area contributed by atoms with E-state index in [0.29, 0.717) is 12.4 Å². The van der Waals surface area contributed by atoms with E-state index in [4.69, 9.17) is 4.42 Å². The van der Waals surface area contributed by atoms with Crippen LogP contribution in [0.1, 0.15) is 5.89 Å². The van der Waals surface area contributed by atoms with Crippen molar-refractivity contribution in [3.63, 3.8) is 0 Å². The predicted molar refractivity (Wildman–Crippen MR) is 94.6 cm³/mol. The Bertz CT molecular complexity index is 762. The van der Waals surface area contributed by atoms with Crippen LogP contribution in [0.5, 0.6) is 0 Å². The number of nitrogens with zero attached hydrogens (tertiary/aromatic N) is 3. The second-order valence-electron chi connectivity index (χ2n) is 5.26. The molecule has 2 heterocycles. The van der Waals surface area contributed by atoms with Gasteiger partial charge in [-0.15, -0.1) is 0 Å². The van der Waals surface area contributed by atoms with Crippen molar-refractivity contribution in [2.45, 2.75) is 13.1 Å². The Morgan fingerprint density at radius 1 is 1.12 bits per heavy atom. The van der Waals surface area contributed by atoms with Crippen LogP contribution in [0.15, 0.2) is 70.5 Å². The first-order chi connectivity index (χ1) is 11.8. The Kier molecular flexibility index (Phi) is 5.29. The van der Waals surface area contributed by atoms with Gasteiger partial charge in [0.15, 0.2) is 11.7 Å². The van der Waals surface area contributed by atoms with Gasteiger partial charge in [0.1, 0.15) is 0 Å². The quantitative estimate of drug-likeness (QED) is 0.540. The highest BCUT2D eigenvalue weighted by Crippen LogP contribution is 2.19. The van der Waals surface area contributed by atoms with Crippen molar-refractivity contribution in [3.05, 3.63) is 66.9 Å². The summed E-state index contributed by atoms with van der Waals surface area (Å²) >= 11 is 0. The van der Waals surface area contributed by atoms with Crippen LogP contribution >= 0.6 is 0 Å². The molecule has 0 fully saturated rings. The van der Waals surface area contributed by atoms with Gasteiger partial charge in [-0.1, -0.05) is 30.3 Å². The van der Waals surface area contributed by atoms with Crippen LogP contribution in [0.2, 0.25) is 0 Å². The first kappa shape index (κ1) is 15.9. The van der Waals surface area contributed by atoms with Gasteiger partial charge in [0.05, 0.1) is 12.7 Å². The Morgan fingerprint density at radius 2 is 1.92 bits per heavy atom. The molecule has 0 bridgehead atoms. The van der Waals surface area contributed by atoms with Gasteiger partial charge in [0.25, 0.3) is 0 Å². The molecule has 0 atom stereocenters. The number of nitrogens with one attached hydrogen (secondary N) is 2. The van der Waals surface area contributed by atoms with Crippen LogP contribution in [0.25, 0.3) is 11.3 Å². The van der Waals surface area contributed by atoms with Crippen LogP contribution in [0, 0.1) is 0 Å². The van der Waals surface area contributed by atoms with Crippen molar-refractivity contribution < 1.29 is 4.42 Å². The minimum absolute atomic E-state index is 0.482. The maximum Gasteiger partial charge on any atom is 0.214 e. The summed E-state index contributed by atoms with van der Waals surface area (Å²) in [7, 11) is 1.75. The fourth-order valence-electron chi connectivity index (χ4n) is 2.33. The Labute approximate surface area is 141 Å². The molecule has 3 aromatic rings. The van der Waals surface area contributed by atoms with E-state index in [1.165, 1.54) is 0 Å². The lowest BCUT2D eigenvalue weighted by atomic mass is 10.2. The number of oxazole rings is 1. The molecule has 3 rings (SSSR count). The summed E-state index contributed by atoms with van der Waals surface area (Å²) in [6.45, 7) is 2.15. The van der Waals surface area contributed by atoms with Gasteiger partial charge in [0.2, 0.25) is 5.89 Å². The summed E-state index contributed by atoms with van der Waals surface area (Å²) in [6.07, 6.45) is 5.82. The maximum atomic E-state index is 5.77. The minimum Gasteiger partial charge on any atom is -0.439 e. The van der Waals surface area contributed by atoms with Crippen molar-refractivity contribution in [3.8, 4) is 11.3 Å². The van der Waals surface area contributed by atoms with E-state index < -0.39 is 0 Å². The van der Waals surface area contributed by atoms with Gasteiger partial charge in [-0.3, -0.25) is 4.99 Å². The van der Waals surface area contributed by atoms with Crippen LogP contribution < -0.4 is 10.6 Å². The lowest BCUT2D eigenvalue weighted by Gasteiger charge is -2.11. The molecule has 2 aromatic heterocycles. The number of benzene rings is 1. The van der Waals surface area contributed by atoms with Crippen LogP contribution in [-0.4, -0.2) is 29.1 Å². The van der Waals surface area contributed by atoms with E-state index in [2.05, 4.69) is 25.2 Å². The van der Waals surface area contributed by atoms with E-state index in [1.54, 1.807) is 13.2 Å². The molecule has 0 aliphatic rings. The number of hydrogen-bond donors (Lipinski definition) is 2. The van der Waals surface area contributed by atoms with Crippen LogP contribution in [-0.2, 0) is 13.1 Å². The number of aliphatic imine (C=N–C) groups is 1. The lowest BCUT2D eigenvalue weighted by Crippen LogP contribution is -2.38. The predicted octanol–water partition coefficient (Wildman–Crippen LogP) is 2.51. The molecule has 124 valence electrons. The fraction of sp³-hybridized carbons (Fsp3) is 0.222. The van der Waals surface area contributed by atoms with Crippen molar-refractivity contribution in [1.82, 2.24) is 20.2 Å². The van der Waals surface area contributed by atoms with Gasteiger partial charge >= 0.3 is 0 Å². The molecule has 6 nitrogen and oxygen atoms in total. The number of aromatic nitrogens is 2. The molecule has 2 N–H and O–H groups in total. The SMILES string of the molecule is CN=C(NCCn1cccc1)NCc1ncc(-c2ccccc2)o1. The van der Waals surface area contributed by atoms with E-state index in [-0.39, 0.29) is 0 Å². The van der Waals surface area contributed by atoms with Crippen molar-refractivity contribution in [1.29, 1.82) is 0 Å². The minimum atomic E-state index is 0.482. The molecule has 0 unspecified atom stereocenters. The third-order valence-corrected chi connectivity index (χ3v) is 3.57. The van der Waals surface area contributed by atoms with Crippen LogP contribution in [0.4, 0.5) is 0 Å². The lowest BCUT2D eigenvalue weighted by molar-refractivity contribution is 0.497. The highest BCUT2D eigenvalue weighted by Gasteiger charge is 2.06. The summed E-state index contributed by atoms with van der Waals surface area (Å²) in [5.41, 5.74) is 1.02. The molecule has 1 aromatic carbocycles. The molecule has 24 heavy (non-hydrogen) atoms. The number of guanidine groups is 1. The van der Waals surface area contributed by atoms with E-state index in [1.807, 2.05) is 54.9 Å². The maximum absolute atomic E-state index is 5.77. The smallest absolute Gasteiger partial charge is 0.214 e. The van der Waals surface area contributed by atoms with Crippen molar-refractivity contribution >= 4 is 5.96 Å². The third kappa shape index (κ3) is 4.25. The first-order valence-electron chi connectivity index (χ1n) is 7.90. The van der Waals surface area contributed by atoms with Gasteiger partial charge in [0, 0.05) is 38.1 Å². The van der Waals surface area contributed by atoms with Crippen molar-refractivity contribution in [2.24, 2.45) is 4.99 Å². The largest absolute Gasteiger partial charge is 0.439 e. The summed E-state index contributed by atoms with van der Waals surface area (Å²) < 4.78 is 7.88. The second-order valence-corrected chi connectivity index (χ2v) is 5.26. The molecular weight excluding hydrogens is 302 g/mol. The van der Waals surface area contributed by atoms with Gasteiger partial charge in [-0.05, 0) is 12.1 Å². The fourth-order valence-corrected chi connectivity index (χ4v) is 2.33. The second kappa shape index (κ2) is 8.01. The highest BCUT2D eigenvalue weighted by atomic mass is 16.4. The molecule has 0 saturated carbocycles. The molecule has 0 amide bonds. The molecule has 0 spiro atoms. The normalized spacial score (nSPS) is 11.5. The average Bonchev–Trinajstić information content (AvgIpc) is 3.30. The summed E-state index contributed by atoms with van der Waals surface area (Å²) in [5.74, 6) is 2.12. The number of hydrogen-bond acceptors (Lipinski definition) is 3. The van der Waals surface area contributed by atoms with Gasteiger partial charge < -0.3 is 19.6 Å². The topological polar surface area (TPSA) is 67.4 Å². The summed E-state index contributed by atoms with van der Waals surface area (Å²) in [4.78, 5) is 8.51. The van der Waals surface area contributed by atoms with E-state index in [0.717, 1.165) is 30.4 Å². The Morgan fingerprint density at radius 3 is 2.67 bits per heavy atom. The average molecular weight is 323 g/mol. The number of rotatable bonds is 6.